The van der Waals surface area contributed by atoms with E-state index in [9.17, 15) is 9.59 Å². The number of carbonyl (C=O) groups is 2. The lowest BCUT2D eigenvalue weighted by Gasteiger charge is -2.03. The summed E-state index contributed by atoms with van der Waals surface area (Å²) in [6.45, 7) is 0.123. The number of hydrogen-bond donors (Lipinski definition) is 2. The fourth-order valence-corrected chi connectivity index (χ4v) is 1.89. The normalized spacial score (nSPS) is 9.94. The molecule has 0 aliphatic rings. The third kappa shape index (κ3) is 5.51. The summed E-state index contributed by atoms with van der Waals surface area (Å²) >= 11 is 1.40. The van der Waals surface area contributed by atoms with Gasteiger partial charge in [-0.2, -0.15) is 11.8 Å². The molecular weight excluding hydrogens is 238 g/mol. The Kier molecular flexibility index (Phi) is 6.35. The lowest BCUT2D eigenvalue weighted by Crippen LogP contribution is -2.31. The number of benzene rings is 1. The van der Waals surface area contributed by atoms with E-state index in [2.05, 4.69) is 5.32 Å². The summed E-state index contributed by atoms with van der Waals surface area (Å²) in [4.78, 5) is 22.9. The molecule has 0 heterocycles. The average Bonchev–Trinajstić information content (AvgIpc) is 2.36. The van der Waals surface area contributed by atoms with Gasteiger partial charge in [-0.05, 0) is 24.3 Å². The highest BCUT2D eigenvalue weighted by atomic mass is 32.2. The van der Waals surface area contributed by atoms with Gasteiger partial charge in [0.1, 0.15) is 0 Å². The van der Waals surface area contributed by atoms with Crippen LogP contribution in [0.25, 0.3) is 0 Å². The van der Waals surface area contributed by atoms with Gasteiger partial charge in [0.25, 0.3) is 5.91 Å². The Hall–Kier alpha value is -1.33. The molecule has 1 aromatic carbocycles. The molecule has 2 amide bonds. The SMILES string of the molecule is O=C(CSCCCO)NC(=O)c1ccccc1. The van der Waals surface area contributed by atoms with Gasteiger partial charge < -0.3 is 5.11 Å². The Morgan fingerprint density at radius 1 is 1.24 bits per heavy atom. The van der Waals surface area contributed by atoms with Crippen molar-refractivity contribution in [2.75, 3.05) is 18.1 Å². The van der Waals surface area contributed by atoms with E-state index >= 15 is 0 Å². The third-order valence-corrected chi connectivity index (χ3v) is 3.01. The van der Waals surface area contributed by atoms with Crippen molar-refractivity contribution in [3.05, 3.63) is 35.9 Å². The molecule has 4 nitrogen and oxygen atoms in total. The highest BCUT2D eigenvalue weighted by Crippen LogP contribution is 2.02. The zero-order chi connectivity index (χ0) is 12.5. The molecule has 1 rings (SSSR count). The van der Waals surface area contributed by atoms with E-state index in [0.717, 1.165) is 0 Å². The second-order valence-corrected chi connectivity index (χ2v) is 4.48. The van der Waals surface area contributed by atoms with Crippen LogP contribution in [-0.2, 0) is 4.79 Å². The maximum Gasteiger partial charge on any atom is 0.257 e. The molecule has 0 bridgehead atoms. The number of amides is 2. The second-order valence-electron chi connectivity index (χ2n) is 3.37. The number of carbonyl (C=O) groups excluding carboxylic acids is 2. The predicted molar refractivity (Wildman–Crippen MR) is 67.9 cm³/mol. The predicted octanol–water partition coefficient (Wildman–Crippen LogP) is 1.06. The van der Waals surface area contributed by atoms with Gasteiger partial charge >= 0.3 is 0 Å². The van der Waals surface area contributed by atoms with Crippen LogP contribution in [0.15, 0.2) is 30.3 Å². The molecule has 2 N–H and O–H groups in total. The molecule has 0 aliphatic carbocycles. The number of nitrogens with one attached hydrogen (secondary N) is 1. The molecule has 0 spiro atoms. The number of aliphatic hydroxyl groups is 1. The molecule has 92 valence electrons. The minimum Gasteiger partial charge on any atom is -0.396 e. The van der Waals surface area contributed by atoms with Crippen LogP contribution in [-0.4, -0.2) is 35.0 Å². The van der Waals surface area contributed by atoms with Crippen molar-refractivity contribution in [2.45, 2.75) is 6.42 Å². The second kappa shape index (κ2) is 7.86. The zero-order valence-corrected chi connectivity index (χ0v) is 10.2. The molecule has 0 aromatic heterocycles. The highest BCUT2D eigenvalue weighted by molar-refractivity contribution is 7.99. The first-order valence-corrected chi connectivity index (χ1v) is 6.47. The summed E-state index contributed by atoms with van der Waals surface area (Å²) in [5.74, 6) is 0.266. The zero-order valence-electron chi connectivity index (χ0n) is 9.39. The molecule has 0 radical (unpaired) electrons. The van der Waals surface area contributed by atoms with Gasteiger partial charge in [-0.1, -0.05) is 18.2 Å². The maximum atomic E-state index is 11.6. The summed E-state index contributed by atoms with van der Waals surface area (Å²) < 4.78 is 0. The van der Waals surface area contributed by atoms with Crippen LogP contribution in [0.5, 0.6) is 0 Å². The number of aliphatic hydroxyl groups excluding tert-OH is 1. The van der Waals surface area contributed by atoms with E-state index in [1.54, 1.807) is 24.3 Å². The smallest absolute Gasteiger partial charge is 0.257 e. The molecule has 0 atom stereocenters. The lowest BCUT2D eigenvalue weighted by atomic mass is 10.2. The van der Waals surface area contributed by atoms with Gasteiger partial charge in [0.2, 0.25) is 5.91 Å². The van der Waals surface area contributed by atoms with Crippen molar-refractivity contribution in [3.63, 3.8) is 0 Å². The summed E-state index contributed by atoms with van der Waals surface area (Å²) in [5, 5.41) is 10.9. The molecule has 17 heavy (non-hydrogen) atoms. The Bertz CT molecular complexity index is 367. The molecule has 0 saturated heterocycles. The Balaban J connectivity index is 2.29. The largest absolute Gasteiger partial charge is 0.396 e. The van der Waals surface area contributed by atoms with Crippen molar-refractivity contribution in [1.82, 2.24) is 5.32 Å². The Morgan fingerprint density at radius 3 is 2.59 bits per heavy atom. The third-order valence-electron chi connectivity index (χ3n) is 1.97. The monoisotopic (exact) mass is 253 g/mol. The standard InChI is InChI=1S/C12H15NO3S/c14-7-4-8-17-9-11(15)13-12(16)10-5-2-1-3-6-10/h1-3,5-6,14H,4,7-9H2,(H,13,15,16). The molecule has 1 aromatic rings. The van der Waals surface area contributed by atoms with Gasteiger partial charge in [0.05, 0.1) is 5.75 Å². The van der Waals surface area contributed by atoms with Gasteiger partial charge in [0.15, 0.2) is 0 Å². The molecule has 5 heteroatoms. The first kappa shape index (κ1) is 13.7. The van der Waals surface area contributed by atoms with Gasteiger partial charge in [-0.3, -0.25) is 14.9 Å². The van der Waals surface area contributed by atoms with Gasteiger partial charge in [0, 0.05) is 12.2 Å². The quantitative estimate of drug-likeness (QED) is 0.744. The highest BCUT2D eigenvalue weighted by Gasteiger charge is 2.09. The summed E-state index contributed by atoms with van der Waals surface area (Å²) in [6.07, 6.45) is 0.657. The topological polar surface area (TPSA) is 66.4 Å². The number of rotatable bonds is 6. The molecule has 0 unspecified atom stereocenters. The van der Waals surface area contributed by atoms with Gasteiger partial charge in [-0.25, -0.2) is 0 Å². The van der Waals surface area contributed by atoms with E-state index < -0.39 is 0 Å². The molecular formula is C12H15NO3S. The fourth-order valence-electron chi connectivity index (χ4n) is 1.16. The van der Waals surface area contributed by atoms with E-state index in [-0.39, 0.29) is 24.2 Å². The van der Waals surface area contributed by atoms with E-state index in [1.807, 2.05) is 6.07 Å². The molecule has 0 saturated carbocycles. The number of hydrogen-bond acceptors (Lipinski definition) is 4. The van der Waals surface area contributed by atoms with E-state index in [1.165, 1.54) is 11.8 Å². The number of imide groups is 1. The van der Waals surface area contributed by atoms with Crippen LogP contribution < -0.4 is 5.32 Å². The summed E-state index contributed by atoms with van der Waals surface area (Å²) in [5.41, 5.74) is 0.473. The van der Waals surface area contributed by atoms with Crippen LogP contribution in [0, 0.1) is 0 Å². The van der Waals surface area contributed by atoms with Gasteiger partial charge in [-0.15, -0.1) is 0 Å². The van der Waals surface area contributed by atoms with Crippen LogP contribution >= 0.6 is 11.8 Å². The average molecular weight is 253 g/mol. The van der Waals surface area contributed by atoms with E-state index in [0.29, 0.717) is 17.7 Å². The summed E-state index contributed by atoms with van der Waals surface area (Å²) in [7, 11) is 0. The molecule has 0 aliphatic heterocycles. The van der Waals surface area contributed by atoms with Crippen molar-refractivity contribution in [3.8, 4) is 0 Å². The van der Waals surface area contributed by atoms with E-state index in [4.69, 9.17) is 5.11 Å². The first-order chi connectivity index (χ1) is 8.24. The molecule has 0 fully saturated rings. The van der Waals surface area contributed by atoms with Crippen molar-refractivity contribution >= 4 is 23.6 Å². The summed E-state index contributed by atoms with van der Waals surface area (Å²) in [6, 6.07) is 8.61. The van der Waals surface area contributed by atoms with Crippen molar-refractivity contribution in [2.24, 2.45) is 0 Å². The number of thioether (sulfide) groups is 1. The minimum atomic E-state index is -0.377. The fraction of sp³-hybridized carbons (Fsp3) is 0.333. The lowest BCUT2D eigenvalue weighted by molar-refractivity contribution is -0.117. The van der Waals surface area contributed by atoms with Crippen molar-refractivity contribution < 1.29 is 14.7 Å². The Morgan fingerprint density at radius 2 is 1.94 bits per heavy atom. The van der Waals surface area contributed by atoms with Crippen LogP contribution in [0.4, 0.5) is 0 Å². The van der Waals surface area contributed by atoms with Crippen LogP contribution in [0.1, 0.15) is 16.8 Å². The first-order valence-electron chi connectivity index (χ1n) is 5.32. The van der Waals surface area contributed by atoms with Crippen LogP contribution in [0.2, 0.25) is 0 Å². The Labute approximate surface area is 104 Å². The van der Waals surface area contributed by atoms with Crippen LogP contribution in [0.3, 0.4) is 0 Å². The van der Waals surface area contributed by atoms with Crippen molar-refractivity contribution in [1.29, 1.82) is 0 Å². The minimum absolute atomic E-state index is 0.123. The maximum absolute atomic E-state index is 11.6.